The monoisotopic (exact) mass is 354 g/mol. The molecule has 1 atom stereocenters. The second-order valence-corrected chi connectivity index (χ2v) is 7.35. The molecule has 0 bridgehead atoms. The van der Waals surface area contributed by atoms with E-state index in [0.29, 0.717) is 17.2 Å². The second-order valence-electron chi connectivity index (χ2n) is 7.35. The number of aryl methyl sites for hydroxylation is 2. The summed E-state index contributed by atoms with van der Waals surface area (Å²) in [5.41, 5.74) is 12.2. The van der Waals surface area contributed by atoms with Gasteiger partial charge in [0.15, 0.2) is 0 Å². The molecule has 2 rings (SSSR count). The van der Waals surface area contributed by atoms with Gasteiger partial charge in [0.05, 0.1) is 0 Å². The van der Waals surface area contributed by atoms with Crippen molar-refractivity contribution in [1.29, 1.82) is 0 Å². The molecule has 1 unspecified atom stereocenters. The van der Waals surface area contributed by atoms with Gasteiger partial charge in [-0.3, -0.25) is 0 Å². The van der Waals surface area contributed by atoms with E-state index in [2.05, 4.69) is 31.8 Å². The molecule has 0 radical (unpaired) electrons. The Morgan fingerprint density at radius 1 is 1.19 bits per heavy atom. The lowest BCUT2D eigenvalue weighted by atomic mass is 9.95. The van der Waals surface area contributed by atoms with E-state index in [1.807, 2.05) is 25.1 Å². The first-order valence-corrected chi connectivity index (χ1v) is 9.43. The summed E-state index contributed by atoms with van der Waals surface area (Å²) < 4.78 is 14.0. The largest absolute Gasteiger partial charge is 0.399 e. The third-order valence-corrected chi connectivity index (χ3v) is 5.08. The van der Waals surface area contributed by atoms with Crippen molar-refractivity contribution in [3.05, 3.63) is 65.0 Å². The summed E-state index contributed by atoms with van der Waals surface area (Å²) >= 11 is 0. The van der Waals surface area contributed by atoms with Gasteiger partial charge >= 0.3 is 0 Å². The van der Waals surface area contributed by atoms with Crippen molar-refractivity contribution in [2.75, 3.05) is 11.1 Å². The van der Waals surface area contributed by atoms with Crippen LogP contribution in [0, 0.1) is 25.6 Å². The van der Waals surface area contributed by atoms with E-state index < -0.39 is 0 Å². The maximum Gasteiger partial charge on any atom is 0.128 e. The third-order valence-electron chi connectivity index (χ3n) is 5.08. The molecule has 140 valence electrons. The predicted molar refractivity (Wildman–Crippen MR) is 112 cm³/mol. The minimum Gasteiger partial charge on any atom is -0.399 e. The Bertz CT molecular complexity index is 757. The fourth-order valence-electron chi connectivity index (χ4n) is 3.18. The first-order valence-electron chi connectivity index (χ1n) is 9.43. The zero-order valence-corrected chi connectivity index (χ0v) is 16.5. The number of anilines is 2. The summed E-state index contributed by atoms with van der Waals surface area (Å²) in [6.45, 7) is 12.3. The fourth-order valence-corrected chi connectivity index (χ4v) is 3.18. The normalized spacial score (nSPS) is 12.0. The smallest absolute Gasteiger partial charge is 0.128 e. The molecule has 0 aromatic heterocycles. The topological polar surface area (TPSA) is 38.0 Å². The lowest BCUT2D eigenvalue weighted by molar-refractivity contribution is 0.487. The first kappa shape index (κ1) is 20.0. The van der Waals surface area contributed by atoms with Gasteiger partial charge in [-0.05, 0) is 79.1 Å². The predicted octanol–water partition coefficient (Wildman–Crippen LogP) is 6.48. The minimum atomic E-state index is -0.205. The van der Waals surface area contributed by atoms with E-state index in [-0.39, 0.29) is 5.82 Å². The van der Waals surface area contributed by atoms with Crippen LogP contribution >= 0.6 is 0 Å². The molecule has 2 nitrogen and oxygen atoms in total. The number of hydrogen-bond donors (Lipinski definition) is 2. The molecule has 0 aliphatic rings. The fraction of sp³-hybridized carbons (Fsp3) is 0.391. The van der Waals surface area contributed by atoms with Gasteiger partial charge in [0.1, 0.15) is 5.82 Å². The summed E-state index contributed by atoms with van der Waals surface area (Å²) in [6.07, 6.45) is 4.55. The molecule has 3 N–H and O–H groups in total. The lowest BCUT2D eigenvalue weighted by Crippen LogP contribution is -2.03. The summed E-state index contributed by atoms with van der Waals surface area (Å²) in [5, 5.41) is 3.22. The van der Waals surface area contributed by atoms with Gasteiger partial charge in [0.25, 0.3) is 0 Å². The Hall–Kier alpha value is -2.29. The number of hydrogen-bond acceptors (Lipinski definition) is 2. The van der Waals surface area contributed by atoms with Crippen molar-refractivity contribution in [2.24, 2.45) is 5.92 Å². The molecular formula is C23H31FN2. The summed E-state index contributed by atoms with van der Waals surface area (Å²) in [6, 6.07) is 9.44. The van der Waals surface area contributed by atoms with Crippen molar-refractivity contribution in [3.63, 3.8) is 0 Å². The van der Waals surface area contributed by atoms with Crippen LogP contribution in [0.1, 0.15) is 55.4 Å². The number of rotatable bonds is 8. The number of nitrogen functional groups attached to an aromatic ring is 1. The Morgan fingerprint density at radius 3 is 2.58 bits per heavy atom. The lowest BCUT2D eigenvalue weighted by Gasteiger charge is -2.15. The second kappa shape index (κ2) is 8.88. The molecule has 2 aromatic carbocycles. The highest BCUT2D eigenvalue weighted by Crippen LogP contribution is 2.25. The quantitative estimate of drug-likeness (QED) is 0.533. The molecule has 0 heterocycles. The summed E-state index contributed by atoms with van der Waals surface area (Å²) in [5.74, 6) is 0.492. The highest BCUT2D eigenvalue weighted by Gasteiger charge is 2.09. The molecule has 0 aliphatic carbocycles. The molecule has 26 heavy (non-hydrogen) atoms. The van der Waals surface area contributed by atoms with Crippen LogP contribution in [-0.2, 0) is 6.42 Å². The van der Waals surface area contributed by atoms with Crippen molar-refractivity contribution in [3.8, 4) is 0 Å². The van der Waals surface area contributed by atoms with Gasteiger partial charge in [0.2, 0.25) is 0 Å². The first-order chi connectivity index (χ1) is 12.3. The summed E-state index contributed by atoms with van der Waals surface area (Å²) in [7, 11) is 0. The SMILES string of the molecule is C=C(Nc1cc(C)c(C)c(F)c1)c1ccc(N)c(CCC(C)CCC)c1. The minimum absolute atomic E-state index is 0.205. The van der Waals surface area contributed by atoms with Crippen molar-refractivity contribution >= 4 is 17.1 Å². The van der Waals surface area contributed by atoms with E-state index in [1.165, 1.54) is 18.9 Å². The van der Waals surface area contributed by atoms with Crippen molar-refractivity contribution in [1.82, 2.24) is 0 Å². The zero-order valence-electron chi connectivity index (χ0n) is 16.5. The van der Waals surface area contributed by atoms with Crippen LogP contribution in [-0.4, -0.2) is 0 Å². The van der Waals surface area contributed by atoms with Crippen LogP contribution in [0.2, 0.25) is 0 Å². The van der Waals surface area contributed by atoms with Crippen LogP contribution < -0.4 is 11.1 Å². The van der Waals surface area contributed by atoms with Crippen LogP contribution in [0.15, 0.2) is 36.9 Å². The van der Waals surface area contributed by atoms with Crippen LogP contribution in [0.4, 0.5) is 15.8 Å². The van der Waals surface area contributed by atoms with Crippen molar-refractivity contribution in [2.45, 2.75) is 53.4 Å². The van der Waals surface area contributed by atoms with E-state index in [9.17, 15) is 4.39 Å². The number of nitrogens with one attached hydrogen (secondary N) is 1. The van der Waals surface area contributed by atoms with E-state index in [0.717, 1.165) is 40.9 Å². The number of benzene rings is 2. The zero-order chi connectivity index (χ0) is 19.3. The summed E-state index contributed by atoms with van der Waals surface area (Å²) in [4.78, 5) is 0. The van der Waals surface area contributed by atoms with Gasteiger partial charge in [-0.25, -0.2) is 4.39 Å². The number of nitrogens with two attached hydrogens (primary N) is 1. The van der Waals surface area contributed by atoms with Gasteiger partial charge in [-0.15, -0.1) is 0 Å². The van der Waals surface area contributed by atoms with Gasteiger partial charge in [-0.1, -0.05) is 39.3 Å². The van der Waals surface area contributed by atoms with Crippen LogP contribution in [0.25, 0.3) is 5.70 Å². The van der Waals surface area contributed by atoms with Crippen LogP contribution in [0.5, 0.6) is 0 Å². The molecule has 0 saturated carbocycles. The average Bonchev–Trinajstić information content (AvgIpc) is 2.59. The molecule has 0 saturated heterocycles. The molecule has 3 heteroatoms. The maximum absolute atomic E-state index is 14.0. The van der Waals surface area contributed by atoms with Gasteiger partial charge < -0.3 is 11.1 Å². The Labute approximate surface area is 157 Å². The third kappa shape index (κ3) is 5.10. The van der Waals surface area contributed by atoms with Crippen LogP contribution in [0.3, 0.4) is 0 Å². The molecule has 0 aliphatic heterocycles. The Kier molecular flexibility index (Phi) is 6.84. The van der Waals surface area contributed by atoms with Crippen molar-refractivity contribution < 1.29 is 4.39 Å². The molecule has 0 fully saturated rings. The Morgan fingerprint density at radius 2 is 1.92 bits per heavy atom. The van der Waals surface area contributed by atoms with Gasteiger partial charge in [-0.2, -0.15) is 0 Å². The number of halogens is 1. The highest BCUT2D eigenvalue weighted by molar-refractivity contribution is 5.77. The van der Waals surface area contributed by atoms with E-state index >= 15 is 0 Å². The molecule has 0 spiro atoms. The molecule has 0 amide bonds. The standard InChI is InChI=1S/C23H31FN2/c1-6-7-15(2)8-9-20-13-19(10-11-23(20)25)18(5)26-21-12-16(3)17(4)22(24)14-21/h10-15,26H,5-9,25H2,1-4H3. The average molecular weight is 355 g/mol. The molecular weight excluding hydrogens is 323 g/mol. The van der Waals surface area contributed by atoms with E-state index in [1.54, 1.807) is 6.92 Å². The van der Waals surface area contributed by atoms with E-state index in [4.69, 9.17) is 5.73 Å². The Balaban J connectivity index is 2.13. The van der Waals surface area contributed by atoms with Gasteiger partial charge in [0, 0.05) is 17.1 Å². The molecule has 2 aromatic rings. The highest BCUT2D eigenvalue weighted by atomic mass is 19.1. The maximum atomic E-state index is 14.0.